The summed E-state index contributed by atoms with van der Waals surface area (Å²) in [5.41, 5.74) is 1.67. The Kier molecular flexibility index (Phi) is 2.45. The third-order valence-electron chi connectivity index (χ3n) is 1.96. The lowest BCUT2D eigenvalue weighted by Crippen LogP contribution is -2.27. The molecule has 72 valence electrons. The normalized spacial score (nSPS) is 13.6. The van der Waals surface area contributed by atoms with E-state index in [2.05, 4.69) is 10.0 Å². The first-order chi connectivity index (χ1) is 6.81. The Morgan fingerprint density at radius 3 is 3.00 bits per heavy atom. The first-order valence-corrected chi connectivity index (χ1v) is 5.08. The van der Waals surface area contributed by atoms with Gasteiger partial charge in [-0.25, -0.2) is 0 Å². The largest absolute Gasteiger partial charge is 0.354 e. The summed E-state index contributed by atoms with van der Waals surface area (Å²) in [4.78, 5) is 12.5. The van der Waals surface area contributed by atoms with Crippen LogP contribution in [-0.4, -0.2) is 13.0 Å². The first kappa shape index (κ1) is 9.15. The van der Waals surface area contributed by atoms with E-state index >= 15 is 0 Å². The van der Waals surface area contributed by atoms with Crippen LogP contribution in [0, 0.1) is 0 Å². The van der Waals surface area contributed by atoms with Crippen molar-refractivity contribution in [3.05, 3.63) is 35.5 Å². The van der Waals surface area contributed by atoms with Gasteiger partial charge in [-0.1, -0.05) is 18.2 Å². The smallest absolute Gasteiger partial charge is 0.267 e. The van der Waals surface area contributed by atoms with E-state index in [4.69, 9.17) is 0 Å². The molecule has 1 aliphatic rings. The molecule has 0 unspecified atom stereocenters. The average molecular weight is 206 g/mol. The highest BCUT2D eigenvalue weighted by molar-refractivity contribution is 7.97. The Bertz CT molecular complexity index is 401. The molecule has 4 heteroatoms. The summed E-state index contributed by atoms with van der Waals surface area (Å²) in [5.74, 6) is -0.0907. The zero-order valence-electron chi connectivity index (χ0n) is 7.70. The number of carbonyl (C=O) groups excluding carboxylic acids is 1. The third-order valence-corrected chi connectivity index (χ3v) is 2.88. The second kappa shape index (κ2) is 3.75. The number of hydrogen-bond acceptors (Lipinski definition) is 3. The van der Waals surface area contributed by atoms with Gasteiger partial charge in [-0.15, -0.1) is 0 Å². The molecule has 0 fully saturated rings. The molecule has 1 aromatic carbocycles. The van der Waals surface area contributed by atoms with Crippen molar-refractivity contribution >= 4 is 23.9 Å². The summed E-state index contributed by atoms with van der Waals surface area (Å²) in [6, 6.07) is 7.95. The molecular formula is C10H10N2OS. The number of likely N-dealkylation sites (N-methyl/N-ethyl adjacent to an activating group) is 1. The molecule has 0 aromatic heterocycles. The van der Waals surface area contributed by atoms with Crippen LogP contribution in [-0.2, 0) is 4.79 Å². The SMILES string of the molecule is CNC(=O)C1=Cc2ccccc2SN1. The van der Waals surface area contributed by atoms with E-state index in [0.29, 0.717) is 5.70 Å². The van der Waals surface area contributed by atoms with Gasteiger partial charge in [0.1, 0.15) is 5.70 Å². The number of nitrogens with one attached hydrogen (secondary N) is 2. The molecule has 2 N–H and O–H groups in total. The molecule has 0 saturated heterocycles. The van der Waals surface area contributed by atoms with Crippen molar-refractivity contribution in [2.24, 2.45) is 0 Å². The predicted molar refractivity (Wildman–Crippen MR) is 57.5 cm³/mol. The zero-order valence-corrected chi connectivity index (χ0v) is 8.52. The Hall–Kier alpha value is -1.42. The second-order valence-corrected chi connectivity index (χ2v) is 3.73. The van der Waals surface area contributed by atoms with Gasteiger partial charge in [0.25, 0.3) is 5.91 Å². The van der Waals surface area contributed by atoms with Gasteiger partial charge in [0, 0.05) is 11.9 Å². The summed E-state index contributed by atoms with van der Waals surface area (Å²) >= 11 is 1.46. The fourth-order valence-corrected chi connectivity index (χ4v) is 2.00. The van der Waals surface area contributed by atoms with Crippen LogP contribution < -0.4 is 10.0 Å². The third kappa shape index (κ3) is 1.61. The van der Waals surface area contributed by atoms with Crippen LogP contribution in [0.2, 0.25) is 0 Å². The standard InChI is InChI=1S/C10H10N2OS/c1-11-10(13)8-6-7-4-2-3-5-9(7)14-12-8/h2-6,12H,1H3,(H,11,13). The summed E-state index contributed by atoms with van der Waals surface area (Å²) in [5, 5.41) is 2.58. The van der Waals surface area contributed by atoms with Crippen LogP contribution >= 0.6 is 11.9 Å². The maximum absolute atomic E-state index is 11.3. The molecule has 14 heavy (non-hydrogen) atoms. The second-order valence-electron chi connectivity index (χ2n) is 2.88. The van der Waals surface area contributed by atoms with Gasteiger partial charge in [0.2, 0.25) is 0 Å². The van der Waals surface area contributed by atoms with Gasteiger partial charge >= 0.3 is 0 Å². The quantitative estimate of drug-likeness (QED) is 0.682. The average Bonchev–Trinajstić information content (AvgIpc) is 2.27. The monoisotopic (exact) mass is 206 g/mol. The van der Waals surface area contributed by atoms with Crippen LogP contribution in [0.25, 0.3) is 6.08 Å². The van der Waals surface area contributed by atoms with E-state index in [1.54, 1.807) is 7.05 Å². The molecule has 1 aliphatic heterocycles. The van der Waals surface area contributed by atoms with Crippen LogP contribution in [0.15, 0.2) is 34.9 Å². The summed E-state index contributed by atoms with van der Waals surface area (Å²) in [6.45, 7) is 0. The van der Waals surface area contributed by atoms with Crippen LogP contribution in [0.4, 0.5) is 0 Å². The Balaban J connectivity index is 2.36. The molecule has 0 atom stereocenters. The van der Waals surface area contributed by atoms with Crippen molar-refractivity contribution in [3.63, 3.8) is 0 Å². The minimum Gasteiger partial charge on any atom is -0.354 e. The zero-order chi connectivity index (χ0) is 9.97. The Morgan fingerprint density at radius 2 is 2.21 bits per heavy atom. The van der Waals surface area contributed by atoms with E-state index in [1.165, 1.54) is 11.9 Å². The number of carbonyl (C=O) groups is 1. The summed E-state index contributed by atoms with van der Waals surface area (Å²) in [6.07, 6.45) is 1.85. The van der Waals surface area contributed by atoms with Crippen molar-refractivity contribution < 1.29 is 4.79 Å². The minimum atomic E-state index is -0.0907. The maximum atomic E-state index is 11.3. The predicted octanol–water partition coefficient (Wildman–Crippen LogP) is 1.38. The van der Waals surface area contributed by atoms with Gasteiger partial charge in [-0.05, 0) is 29.7 Å². The topological polar surface area (TPSA) is 41.1 Å². The molecule has 1 aromatic rings. The van der Waals surface area contributed by atoms with E-state index in [-0.39, 0.29) is 5.91 Å². The molecule has 0 bridgehead atoms. The molecular weight excluding hydrogens is 196 g/mol. The molecule has 0 saturated carbocycles. The van der Waals surface area contributed by atoms with E-state index in [9.17, 15) is 4.79 Å². The highest BCUT2D eigenvalue weighted by Gasteiger charge is 2.14. The van der Waals surface area contributed by atoms with Crippen molar-refractivity contribution in [2.45, 2.75) is 4.90 Å². The van der Waals surface area contributed by atoms with Crippen LogP contribution in [0.5, 0.6) is 0 Å². The number of benzene rings is 1. The minimum absolute atomic E-state index is 0.0907. The van der Waals surface area contributed by atoms with Crippen molar-refractivity contribution in [3.8, 4) is 0 Å². The number of rotatable bonds is 1. The van der Waals surface area contributed by atoms with Crippen molar-refractivity contribution in [2.75, 3.05) is 7.05 Å². The first-order valence-electron chi connectivity index (χ1n) is 4.27. The molecule has 1 amide bonds. The molecule has 0 aliphatic carbocycles. The van der Waals surface area contributed by atoms with Gasteiger partial charge < -0.3 is 10.0 Å². The fraction of sp³-hybridized carbons (Fsp3) is 0.100. The van der Waals surface area contributed by atoms with E-state index in [0.717, 1.165) is 10.5 Å². The highest BCUT2D eigenvalue weighted by Crippen LogP contribution is 2.27. The lowest BCUT2D eigenvalue weighted by Gasteiger charge is -2.15. The van der Waals surface area contributed by atoms with E-state index in [1.807, 2.05) is 30.3 Å². The maximum Gasteiger partial charge on any atom is 0.267 e. The lowest BCUT2D eigenvalue weighted by molar-refractivity contribution is -0.117. The van der Waals surface area contributed by atoms with Crippen molar-refractivity contribution in [1.29, 1.82) is 0 Å². The van der Waals surface area contributed by atoms with Gasteiger partial charge in [0.15, 0.2) is 0 Å². The van der Waals surface area contributed by atoms with Crippen molar-refractivity contribution in [1.82, 2.24) is 10.0 Å². The van der Waals surface area contributed by atoms with Crippen LogP contribution in [0.1, 0.15) is 5.56 Å². The van der Waals surface area contributed by atoms with Crippen LogP contribution in [0.3, 0.4) is 0 Å². The molecule has 0 radical (unpaired) electrons. The molecule has 0 spiro atoms. The Labute approximate surface area is 86.7 Å². The lowest BCUT2D eigenvalue weighted by atomic mass is 10.2. The highest BCUT2D eigenvalue weighted by atomic mass is 32.2. The Morgan fingerprint density at radius 1 is 1.43 bits per heavy atom. The van der Waals surface area contributed by atoms with Gasteiger partial charge in [-0.2, -0.15) is 0 Å². The molecule has 3 nitrogen and oxygen atoms in total. The number of amides is 1. The summed E-state index contributed by atoms with van der Waals surface area (Å²) in [7, 11) is 1.62. The number of fused-ring (bicyclic) bond motifs is 1. The van der Waals surface area contributed by atoms with Gasteiger partial charge in [-0.3, -0.25) is 4.79 Å². The molecule has 1 heterocycles. The molecule has 2 rings (SSSR count). The van der Waals surface area contributed by atoms with Gasteiger partial charge in [0.05, 0.1) is 0 Å². The van der Waals surface area contributed by atoms with E-state index < -0.39 is 0 Å². The summed E-state index contributed by atoms with van der Waals surface area (Å²) < 4.78 is 2.99. The fourth-order valence-electron chi connectivity index (χ4n) is 1.23. The number of hydrogen-bond donors (Lipinski definition) is 2.